The van der Waals surface area contributed by atoms with Crippen LogP contribution in [0.3, 0.4) is 0 Å². The van der Waals surface area contributed by atoms with Gasteiger partial charge in [-0.15, -0.1) is 12.6 Å². The molecule has 0 aromatic rings. The van der Waals surface area contributed by atoms with Gasteiger partial charge in [0.15, 0.2) is 0 Å². The zero-order valence-corrected chi connectivity index (χ0v) is 30.9. The van der Waals surface area contributed by atoms with Crippen LogP contribution in [-0.4, -0.2) is 220 Å². The Morgan fingerprint density at radius 3 is 0.540 bits per heavy atom. The Hall–Kier alpha value is -0.330. The predicted octanol–water partition coefficient (Wildman–Crippen LogP) is -0.524. The van der Waals surface area contributed by atoms with Crippen molar-refractivity contribution in [2.45, 2.75) is 5.44 Å². The van der Waals surface area contributed by atoms with Gasteiger partial charge in [-0.1, -0.05) is 0 Å². The second-order valence-electron chi connectivity index (χ2n) is 9.85. The number of hydrogen-bond acceptors (Lipinski definition) is 18. The van der Waals surface area contributed by atoms with Crippen LogP contribution < -0.4 is 0 Å². The fraction of sp³-hybridized carbons (Fsp3) is 1.00. The Morgan fingerprint density at radius 2 is 0.400 bits per heavy atom. The van der Waals surface area contributed by atoms with Gasteiger partial charge in [-0.05, 0) is 0 Å². The molecule has 0 bridgehead atoms. The minimum Gasteiger partial charge on any atom is -0.394 e. The molecule has 0 amide bonds. The molecule has 302 valence electrons. The van der Waals surface area contributed by atoms with Crippen LogP contribution in [0.15, 0.2) is 0 Å². The van der Waals surface area contributed by atoms with E-state index in [9.17, 15) is 0 Å². The lowest BCUT2D eigenvalue weighted by Crippen LogP contribution is -2.16. The fourth-order valence-corrected chi connectivity index (χ4v) is 3.44. The first-order chi connectivity index (χ1) is 24.8. The second kappa shape index (κ2) is 46.7. The molecule has 18 heteroatoms. The first-order valence-electron chi connectivity index (χ1n) is 17.4. The molecule has 0 aliphatic heterocycles. The molecule has 1 atom stereocenters. The monoisotopic (exact) mass is 754 g/mol. The fourth-order valence-electron chi connectivity index (χ4n) is 3.33. The zero-order valence-electron chi connectivity index (χ0n) is 30.0. The summed E-state index contributed by atoms with van der Waals surface area (Å²) in [5.41, 5.74) is -0.763. The van der Waals surface area contributed by atoms with Crippen molar-refractivity contribution >= 4 is 12.6 Å². The van der Waals surface area contributed by atoms with E-state index in [0.29, 0.717) is 192 Å². The van der Waals surface area contributed by atoms with E-state index in [1.54, 1.807) is 0 Å². The van der Waals surface area contributed by atoms with Gasteiger partial charge >= 0.3 is 0 Å². The summed E-state index contributed by atoms with van der Waals surface area (Å²) < 4.78 is 80.8. The molecule has 0 fully saturated rings. The average Bonchev–Trinajstić information content (AvgIpc) is 3.11. The second-order valence-corrected chi connectivity index (χ2v) is 10.4. The lowest BCUT2D eigenvalue weighted by molar-refractivity contribution is -0.0303. The maximum atomic E-state index is 8.93. The highest BCUT2D eigenvalue weighted by Crippen LogP contribution is 1.90. The first kappa shape index (κ1) is 49.7. The first-order valence-corrected chi connectivity index (χ1v) is 17.9. The zero-order chi connectivity index (χ0) is 36.1. The third-order valence-corrected chi connectivity index (χ3v) is 5.86. The summed E-state index contributed by atoms with van der Waals surface area (Å²) in [5, 5.41) is 17.5. The van der Waals surface area contributed by atoms with Gasteiger partial charge in [0.1, 0.15) is 5.44 Å². The summed E-state index contributed by atoms with van der Waals surface area (Å²) in [5.74, 6) is 0. The largest absolute Gasteiger partial charge is 0.394 e. The van der Waals surface area contributed by atoms with Gasteiger partial charge in [0, 0.05) is 0 Å². The van der Waals surface area contributed by atoms with Crippen molar-refractivity contribution in [3.63, 3.8) is 0 Å². The van der Waals surface area contributed by atoms with Crippen LogP contribution in [0.4, 0.5) is 0 Å². The van der Waals surface area contributed by atoms with Crippen molar-refractivity contribution in [3.8, 4) is 0 Å². The van der Waals surface area contributed by atoms with Crippen molar-refractivity contribution in [3.05, 3.63) is 0 Å². The van der Waals surface area contributed by atoms with E-state index in [2.05, 4.69) is 12.6 Å². The van der Waals surface area contributed by atoms with Gasteiger partial charge in [0.2, 0.25) is 0 Å². The Balaban J connectivity index is 3.05. The van der Waals surface area contributed by atoms with Gasteiger partial charge in [-0.3, -0.25) is 0 Å². The molecule has 0 spiro atoms. The molecule has 0 radical (unpaired) electrons. The van der Waals surface area contributed by atoms with E-state index < -0.39 is 5.44 Å². The van der Waals surface area contributed by atoms with Crippen molar-refractivity contribution in [1.82, 2.24) is 0 Å². The molecule has 0 heterocycles. The third-order valence-electron chi connectivity index (χ3n) is 5.71. The summed E-state index contributed by atoms with van der Waals surface area (Å²) in [6.07, 6.45) is 0. The normalized spacial score (nSPS) is 12.3. The molecule has 0 aliphatic carbocycles. The summed E-state index contributed by atoms with van der Waals surface area (Å²) in [7, 11) is 0. The molecule has 0 aliphatic rings. The predicted molar refractivity (Wildman–Crippen MR) is 184 cm³/mol. The van der Waals surface area contributed by atoms with Gasteiger partial charge < -0.3 is 81.3 Å². The highest BCUT2D eigenvalue weighted by molar-refractivity contribution is 7.80. The SMILES string of the molecule is OCCOCCOCCOCCOCCOCCOCCOCCOCCOCCOCCOCCOCCOCCOCCOCC(O)S. The number of hydrogen-bond donors (Lipinski definition) is 3. The van der Waals surface area contributed by atoms with Crippen molar-refractivity contribution in [2.24, 2.45) is 0 Å². The van der Waals surface area contributed by atoms with Gasteiger partial charge in [-0.2, -0.15) is 0 Å². The van der Waals surface area contributed by atoms with E-state index in [-0.39, 0.29) is 13.2 Å². The third kappa shape index (κ3) is 47.7. The molecule has 0 rings (SSSR count). The molecule has 0 aromatic carbocycles. The van der Waals surface area contributed by atoms with Gasteiger partial charge in [0.05, 0.1) is 205 Å². The molecule has 17 nitrogen and oxygen atoms in total. The lowest BCUT2D eigenvalue weighted by atomic mass is 10.6. The minimum atomic E-state index is -0.763. The van der Waals surface area contributed by atoms with Gasteiger partial charge in [-0.25, -0.2) is 0 Å². The summed E-state index contributed by atoms with van der Waals surface area (Å²) in [6.45, 7) is 14.2. The van der Waals surface area contributed by atoms with Crippen LogP contribution in [-0.2, 0) is 71.1 Å². The van der Waals surface area contributed by atoms with Crippen LogP contribution in [0.25, 0.3) is 0 Å². The molecule has 50 heavy (non-hydrogen) atoms. The smallest absolute Gasteiger partial charge is 0.120 e. The van der Waals surface area contributed by atoms with E-state index in [4.69, 9.17) is 81.3 Å². The Labute approximate surface area is 303 Å². The summed E-state index contributed by atoms with van der Waals surface area (Å²) >= 11 is 3.80. The Morgan fingerprint density at radius 1 is 0.260 bits per heavy atom. The number of aliphatic hydroxyl groups is 2. The molecule has 1 unspecified atom stereocenters. The van der Waals surface area contributed by atoms with Crippen LogP contribution in [0.5, 0.6) is 0 Å². The number of rotatable bonds is 46. The standard InChI is InChI=1S/C32H66O17S/c33-1-2-35-3-4-36-5-6-37-7-8-38-9-10-39-11-12-40-13-14-41-15-16-42-17-18-43-19-20-44-21-22-45-23-24-46-25-26-47-27-28-48-29-30-49-31-32(34)50/h32-34,50H,1-31H2. The summed E-state index contributed by atoms with van der Waals surface area (Å²) in [6, 6.07) is 0. The molecular formula is C32H66O17S. The van der Waals surface area contributed by atoms with E-state index in [1.807, 2.05) is 0 Å². The number of thiol groups is 1. The maximum absolute atomic E-state index is 8.93. The van der Waals surface area contributed by atoms with Crippen LogP contribution in [0.1, 0.15) is 0 Å². The minimum absolute atomic E-state index is 0.0212. The van der Waals surface area contributed by atoms with E-state index in [1.165, 1.54) is 0 Å². The van der Waals surface area contributed by atoms with Crippen LogP contribution >= 0.6 is 12.6 Å². The molecule has 0 saturated heterocycles. The Kier molecular flexibility index (Phi) is 46.4. The molecular weight excluding hydrogens is 688 g/mol. The molecule has 0 saturated carbocycles. The number of aliphatic hydroxyl groups excluding tert-OH is 2. The van der Waals surface area contributed by atoms with Gasteiger partial charge in [0.25, 0.3) is 0 Å². The quantitative estimate of drug-likeness (QED) is 0.0410. The van der Waals surface area contributed by atoms with Crippen LogP contribution in [0.2, 0.25) is 0 Å². The van der Waals surface area contributed by atoms with Crippen LogP contribution in [0, 0.1) is 0 Å². The topological polar surface area (TPSA) is 179 Å². The average molecular weight is 755 g/mol. The van der Waals surface area contributed by atoms with E-state index >= 15 is 0 Å². The lowest BCUT2D eigenvalue weighted by Gasteiger charge is -2.09. The van der Waals surface area contributed by atoms with Crippen molar-refractivity contribution in [1.29, 1.82) is 0 Å². The highest BCUT2D eigenvalue weighted by atomic mass is 32.1. The van der Waals surface area contributed by atoms with Crippen molar-refractivity contribution < 1.29 is 81.3 Å². The van der Waals surface area contributed by atoms with E-state index in [0.717, 1.165) is 0 Å². The van der Waals surface area contributed by atoms with Crippen molar-refractivity contribution in [2.75, 3.05) is 205 Å². The highest BCUT2D eigenvalue weighted by Gasteiger charge is 1.98. The molecule has 2 N–H and O–H groups in total. The Bertz CT molecular complexity index is 601. The number of ether oxygens (including phenoxy) is 15. The maximum Gasteiger partial charge on any atom is 0.120 e. The summed E-state index contributed by atoms with van der Waals surface area (Å²) in [4.78, 5) is 0. The molecule has 0 aromatic heterocycles.